The van der Waals surface area contributed by atoms with Crippen LogP contribution in [0.15, 0.2) is 48.0 Å². The van der Waals surface area contributed by atoms with E-state index in [-0.39, 0.29) is 26.2 Å². The molecule has 2 aromatic rings. The SMILES string of the molecule is Cc1cc(-c2ccc(C34CC5CC(CC(C5)C3)C4)cc2)c2c(c1)=[C]C(=CC1CCCCC1)C=2.[Zr]. The molecule has 1 heteroatoms. The van der Waals surface area contributed by atoms with Crippen LogP contribution in [-0.2, 0) is 31.6 Å². The Morgan fingerprint density at radius 2 is 1.50 bits per heavy atom. The van der Waals surface area contributed by atoms with Gasteiger partial charge in [-0.25, -0.2) is 0 Å². The molecule has 34 heavy (non-hydrogen) atoms. The third kappa shape index (κ3) is 4.09. The van der Waals surface area contributed by atoms with E-state index in [2.05, 4.69) is 61.5 Å². The first kappa shape index (κ1) is 23.2. The molecule has 0 nitrogen and oxygen atoms in total. The van der Waals surface area contributed by atoms with Crippen molar-refractivity contribution in [1.82, 2.24) is 0 Å². The zero-order chi connectivity index (χ0) is 22.0. The minimum Gasteiger partial charge on any atom is -0.0735 e. The fraction of sp³-hybridized carbons (Fsp3) is 0.515. The largest absolute Gasteiger partial charge is 0.0735 e. The fourth-order valence-electron chi connectivity index (χ4n) is 8.75. The van der Waals surface area contributed by atoms with E-state index in [4.69, 9.17) is 0 Å². The molecule has 1 radical (unpaired) electrons. The minimum absolute atomic E-state index is 0. The number of benzene rings is 2. The summed E-state index contributed by atoms with van der Waals surface area (Å²) in [5.74, 6) is 3.76. The summed E-state index contributed by atoms with van der Waals surface area (Å²) in [5.41, 5.74) is 7.55. The van der Waals surface area contributed by atoms with Crippen molar-refractivity contribution < 1.29 is 26.2 Å². The Labute approximate surface area is 224 Å². The first-order chi connectivity index (χ1) is 16.1. The van der Waals surface area contributed by atoms with E-state index in [1.807, 2.05) is 0 Å². The second-order valence-corrected chi connectivity index (χ2v) is 12.3. The Hall–Kier alpha value is -1.20. The van der Waals surface area contributed by atoms with Crippen molar-refractivity contribution in [3.05, 3.63) is 69.6 Å². The topological polar surface area (TPSA) is 0 Å². The van der Waals surface area contributed by atoms with E-state index < -0.39 is 0 Å². The first-order valence-corrected chi connectivity index (χ1v) is 13.7. The summed E-state index contributed by atoms with van der Waals surface area (Å²) in [6, 6.07) is 14.6. The van der Waals surface area contributed by atoms with Crippen molar-refractivity contribution >= 4 is 12.2 Å². The smallest absolute Gasteiger partial charge is 0 e. The predicted octanol–water partition coefficient (Wildman–Crippen LogP) is 7.09. The summed E-state index contributed by atoms with van der Waals surface area (Å²) < 4.78 is 0. The standard InChI is InChI=1S/C33H37.Zr/c1-22-11-29-17-24(13-23-5-3-2-4-6-23)18-32(29)31(12-22)28-7-9-30(10-8-28)33-19-25-14-26(20-33)16-27(15-25)21-33;/h7-13,18,23,25-27H,2-6,14-16,19-21H2,1H3;. The quantitative estimate of drug-likeness (QED) is 0.402. The van der Waals surface area contributed by atoms with E-state index >= 15 is 0 Å². The molecule has 0 aromatic heterocycles. The van der Waals surface area contributed by atoms with Gasteiger partial charge in [0, 0.05) is 26.2 Å². The molecule has 5 fully saturated rings. The van der Waals surface area contributed by atoms with Crippen molar-refractivity contribution in [1.29, 1.82) is 0 Å². The molecule has 0 heterocycles. The molecule has 0 unspecified atom stereocenters. The summed E-state index contributed by atoms with van der Waals surface area (Å²) in [4.78, 5) is 0. The average Bonchev–Trinajstić information content (AvgIpc) is 3.20. The third-order valence-corrected chi connectivity index (χ3v) is 9.81. The van der Waals surface area contributed by atoms with Crippen molar-refractivity contribution in [2.24, 2.45) is 23.7 Å². The maximum Gasteiger partial charge on any atom is 0 e. The van der Waals surface area contributed by atoms with Gasteiger partial charge in [0.05, 0.1) is 0 Å². The third-order valence-electron chi connectivity index (χ3n) is 9.81. The predicted molar refractivity (Wildman–Crippen MR) is 138 cm³/mol. The maximum absolute atomic E-state index is 3.74. The van der Waals surface area contributed by atoms with Crippen LogP contribution in [0.2, 0.25) is 0 Å². The number of hydrogen-bond donors (Lipinski definition) is 0. The Morgan fingerprint density at radius 3 is 2.15 bits per heavy atom. The number of hydrogen-bond acceptors (Lipinski definition) is 0. The van der Waals surface area contributed by atoms with Crippen LogP contribution in [0.25, 0.3) is 23.3 Å². The van der Waals surface area contributed by atoms with E-state index in [9.17, 15) is 0 Å². The van der Waals surface area contributed by atoms with Crippen molar-refractivity contribution in [3.8, 4) is 11.1 Å². The molecule has 2 aromatic carbocycles. The number of rotatable bonds is 3. The molecule has 173 valence electrons. The number of allylic oxidation sites excluding steroid dienone is 2. The molecule has 0 N–H and O–H groups in total. The van der Waals surface area contributed by atoms with E-state index in [0.29, 0.717) is 5.41 Å². The van der Waals surface area contributed by atoms with Crippen LogP contribution >= 0.6 is 0 Å². The molecular weight excluding hydrogens is 488 g/mol. The summed E-state index contributed by atoms with van der Waals surface area (Å²) in [6.07, 6.45) is 24.5. The minimum atomic E-state index is 0. The van der Waals surface area contributed by atoms with Crippen molar-refractivity contribution in [2.45, 2.75) is 83.0 Å². The zero-order valence-electron chi connectivity index (χ0n) is 20.7. The van der Waals surface area contributed by atoms with Crippen LogP contribution < -0.4 is 10.4 Å². The second-order valence-electron chi connectivity index (χ2n) is 12.3. The van der Waals surface area contributed by atoms with Gasteiger partial charge < -0.3 is 0 Å². The number of aryl methyl sites for hydroxylation is 1. The molecule has 0 saturated heterocycles. The Morgan fingerprint density at radius 1 is 0.853 bits per heavy atom. The van der Waals surface area contributed by atoms with Crippen LogP contribution in [0, 0.1) is 30.6 Å². The fourth-order valence-corrected chi connectivity index (χ4v) is 8.75. The van der Waals surface area contributed by atoms with Gasteiger partial charge in [-0.2, -0.15) is 0 Å². The van der Waals surface area contributed by atoms with Crippen LogP contribution in [-0.4, -0.2) is 0 Å². The summed E-state index contributed by atoms with van der Waals surface area (Å²) >= 11 is 0. The number of fused-ring (bicyclic) bond motifs is 1. The summed E-state index contributed by atoms with van der Waals surface area (Å²) in [7, 11) is 0. The monoisotopic (exact) mass is 523 g/mol. The second kappa shape index (κ2) is 9.03. The average molecular weight is 525 g/mol. The molecule has 0 spiro atoms. The Balaban J connectivity index is 0.00000217. The van der Waals surface area contributed by atoms with E-state index in [1.54, 1.807) is 5.56 Å². The molecule has 6 aliphatic carbocycles. The van der Waals surface area contributed by atoms with Gasteiger partial charge in [0.25, 0.3) is 0 Å². The van der Waals surface area contributed by atoms with Gasteiger partial charge >= 0.3 is 0 Å². The molecule has 8 rings (SSSR count). The molecule has 4 bridgehead atoms. The Kier molecular flexibility index (Phi) is 6.17. The molecule has 6 aliphatic rings. The molecule has 0 atom stereocenters. The Bertz CT molecular complexity index is 1190. The summed E-state index contributed by atoms with van der Waals surface area (Å²) in [5, 5.41) is 2.67. The van der Waals surface area contributed by atoms with Crippen molar-refractivity contribution in [3.63, 3.8) is 0 Å². The van der Waals surface area contributed by atoms with Crippen molar-refractivity contribution in [2.75, 3.05) is 0 Å². The van der Waals surface area contributed by atoms with Gasteiger partial charge in [-0.3, -0.25) is 0 Å². The summed E-state index contributed by atoms with van der Waals surface area (Å²) in [6.45, 7) is 2.23. The van der Waals surface area contributed by atoms with Gasteiger partial charge in [-0.1, -0.05) is 61.7 Å². The van der Waals surface area contributed by atoms with Gasteiger partial charge in [0.2, 0.25) is 0 Å². The molecule has 5 saturated carbocycles. The van der Waals surface area contributed by atoms with Gasteiger partial charge in [-0.15, -0.1) is 0 Å². The van der Waals surface area contributed by atoms with Gasteiger partial charge in [0.15, 0.2) is 0 Å². The zero-order valence-corrected chi connectivity index (χ0v) is 23.2. The first-order valence-electron chi connectivity index (χ1n) is 13.7. The van der Waals surface area contributed by atoms with Crippen LogP contribution in [0.4, 0.5) is 0 Å². The molecule has 0 amide bonds. The van der Waals surface area contributed by atoms with Gasteiger partial charge in [0.1, 0.15) is 0 Å². The van der Waals surface area contributed by atoms with Gasteiger partial charge in [-0.05, 0) is 138 Å². The normalized spacial score (nSPS) is 32.7. The molecular formula is C33H37Zr. The van der Waals surface area contributed by atoms with Crippen LogP contribution in [0.3, 0.4) is 0 Å². The van der Waals surface area contributed by atoms with E-state index in [1.165, 1.54) is 103 Å². The molecule has 0 aliphatic heterocycles. The maximum atomic E-state index is 3.74. The van der Waals surface area contributed by atoms with E-state index in [0.717, 1.165) is 23.7 Å². The van der Waals surface area contributed by atoms with Crippen LogP contribution in [0.1, 0.15) is 81.8 Å². The van der Waals surface area contributed by atoms with Crippen LogP contribution in [0.5, 0.6) is 0 Å².